The molecule has 5 N–H and O–H groups in total. The molecule has 6 nitrogen and oxygen atoms in total. The van der Waals surface area contributed by atoms with Crippen LogP contribution >= 0.6 is 0 Å². The topological polar surface area (TPSA) is 115 Å². The summed E-state index contributed by atoms with van der Waals surface area (Å²) >= 11 is 0. The lowest BCUT2D eigenvalue weighted by molar-refractivity contribution is 0.100. The van der Waals surface area contributed by atoms with E-state index in [1.807, 2.05) is 6.92 Å². The average molecular weight is 271 g/mol. The van der Waals surface area contributed by atoms with Crippen LogP contribution in [0.2, 0.25) is 0 Å². The first-order chi connectivity index (χ1) is 8.38. The molecule has 1 rings (SSSR count). The molecule has 1 aromatic carbocycles. The summed E-state index contributed by atoms with van der Waals surface area (Å²) in [6.07, 6.45) is 1.63. The number of anilines is 1. The third-order valence-corrected chi connectivity index (χ3v) is 3.88. The SMILES string of the molecule is CCCCNS(=O)(=O)c1ccc(N)c(C(N)=O)c1. The number of hydrogen-bond acceptors (Lipinski definition) is 4. The van der Waals surface area contributed by atoms with Gasteiger partial charge < -0.3 is 11.5 Å². The highest BCUT2D eigenvalue weighted by molar-refractivity contribution is 7.89. The van der Waals surface area contributed by atoms with Gasteiger partial charge in [0.2, 0.25) is 10.0 Å². The number of nitrogens with one attached hydrogen (secondary N) is 1. The van der Waals surface area contributed by atoms with Gasteiger partial charge in [0, 0.05) is 12.2 Å². The molecule has 0 radical (unpaired) electrons. The summed E-state index contributed by atoms with van der Waals surface area (Å²) in [7, 11) is -3.62. The molecule has 0 aliphatic heterocycles. The largest absolute Gasteiger partial charge is 0.398 e. The number of carbonyl (C=O) groups is 1. The molecule has 0 fully saturated rings. The fraction of sp³-hybridized carbons (Fsp3) is 0.364. The summed E-state index contributed by atoms with van der Waals surface area (Å²) < 4.78 is 26.2. The lowest BCUT2D eigenvalue weighted by Gasteiger charge is -2.08. The van der Waals surface area contributed by atoms with Crippen LogP contribution in [0.3, 0.4) is 0 Å². The molecule has 100 valence electrons. The highest BCUT2D eigenvalue weighted by atomic mass is 32.2. The molecule has 0 saturated heterocycles. The number of hydrogen-bond donors (Lipinski definition) is 3. The van der Waals surface area contributed by atoms with Crippen LogP contribution in [0.1, 0.15) is 30.1 Å². The minimum absolute atomic E-state index is 0.00775. The summed E-state index contributed by atoms with van der Waals surface area (Å²) in [6.45, 7) is 2.32. The van der Waals surface area contributed by atoms with E-state index in [-0.39, 0.29) is 16.1 Å². The molecule has 7 heteroatoms. The van der Waals surface area contributed by atoms with E-state index in [9.17, 15) is 13.2 Å². The van der Waals surface area contributed by atoms with Gasteiger partial charge in [0.05, 0.1) is 10.5 Å². The number of benzene rings is 1. The average Bonchev–Trinajstić information content (AvgIpc) is 2.29. The number of carbonyl (C=O) groups excluding carboxylic acids is 1. The van der Waals surface area contributed by atoms with E-state index >= 15 is 0 Å². The van der Waals surface area contributed by atoms with E-state index in [1.165, 1.54) is 18.2 Å². The molecule has 0 bridgehead atoms. The third-order valence-electron chi connectivity index (χ3n) is 2.42. The number of nitrogen functional groups attached to an aromatic ring is 1. The van der Waals surface area contributed by atoms with Gasteiger partial charge in [-0.25, -0.2) is 13.1 Å². The zero-order valence-electron chi connectivity index (χ0n) is 10.1. The number of primary amides is 1. The van der Waals surface area contributed by atoms with Crippen LogP contribution < -0.4 is 16.2 Å². The summed E-state index contributed by atoms with van der Waals surface area (Å²) in [5.74, 6) is -0.752. The van der Waals surface area contributed by atoms with Crippen LogP contribution in [0.4, 0.5) is 5.69 Å². The quantitative estimate of drug-likeness (QED) is 0.514. The van der Waals surface area contributed by atoms with Crippen LogP contribution in [0.25, 0.3) is 0 Å². The van der Waals surface area contributed by atoms with Gasteiger partial charge >= 0.3 is 0 Å². The Labute approximate surface area is 106 Å². The van der Waals surface area contributed by atoms with Crippen LogP contribution in [-0.2, 0) is 10.0 Å². The predicted octanol–water partition coefficient (Wildman–Crippen LogP) is 0.446. The molecular formula is C11H17N3O3S. The van der Waals surface area contributed by atoms with Gasteiger partial charge in [-0.15, -0.1) is 0 Å². The van der Waals surface area contributed by atoms with E-state index in [0.29, 0.717) is 6.54 Å². The molecule has 1 amide bonds. The van der Waals surface area contributed by atoms with Crippen molar-refractivity contribution >= 4 is 21.6 Å². The van der Waals surface area contributed by atoms with E-state index in [2.05, 4.69) is 4.72 Å². The first kappa shape index (κ1) is 14.5. The van der Waals surface area contributed by atoms with Gasteiger partial charge in [-0.05, 0) is 24.6 Å². The van der Waals surface area contributed by atoms with Crippen molar-refractivity contribution in [2.45, 2.75) is 24.7 Å². The molecule has 0 atom stereocenters. The maximum atomic E-state index is 11.9. The zero-order chi connectivity index (χ0) is 13.8. The number of sulfonamides is 1. The van der Waals surface area contributed by atoms with Gasteiger partial charge in [0.15, 0.2) is 0 Å². The lowest BCUT2D eigenvalue weighted by Crippen LogP contribution is -2.25. The molecule has 0 heterocycles. The maximum absolute atomic E-state index is 11.9. The molecular weight excluding hydrogens is 254 g/mol. The van der Waals surface area contributed by atoms with Crippen molar-refractivity contribution in [3.63, 3.8) is 0 Å². The summed E-state index contributed by atoms with van der Waals surface area (Å²) in [5, 5.41) is 0. The van der Waals surface area contributed by atoms with E-state index < -0.39 is 15.9 Å². The molecule has 0 saturated carbocycles. The Morgan fingerprint density at radius 3 is 2.61 bits per heavy atom. The lowest BCUT2D eigenvalue weighted by atomic mass is 10.2. The number of nitrogens with two attached hydrogens (primary N) is 2. The van der Waals surface area contributed by atoms with Crippen molar-refractivity contribution in [1.29, 1.82) is 0 Å². The molecule has 0 unspecified atom stereocenters. The second kappa shape index (κ2) is 5.83. The van der Waals surface area contributed by atoms with Gasteiger partial charge in [0.1, 0.15) is 0 Å². The minimum atomic E-state index is -3.62. The van der Waals surface area contributed by atoms with Crippen LogP contribution in [0.5, 0.6) is 0 Å². The van der Waals surface area contributed by atoms with Crippen molar-refractivity contribution in [3.05, 3.63) is 23.8 Å². The predicted molar refractivity (Wildman–Crippen MR) is 69.5 cm³/mol. The maximum Gasteiger partial charge on any atom is 0.250 e. The first-order valence-corrected chi connectivity index (χ1v) is 7.05. The summed E-state index contributed by atoms with van der Waals surface area (Å²) in [6, 6.07) is 3.89. The Kier molecular flexibility index (Phi) is 4.69. The van der Waals surface area contributed by atoms with Crippen LogP contribution in [-0.4, -0.2) is 20.9 Å². The van der Waals surface area contributed by atoms with Crippen LogP contribution in [0, 0.1) is 0 Å². The highest BCUT2D eigenvalue weighted by Crippen LogP contribution is 2.17. The van der Waals surface area contributed by atoms with Crippen molar-refractivity contribution < 1.29 is 13.2 Å². The Morgan fingerprint density at radius 2 is 2.06 bits per heavy atom. The number of unbranched alkanes of at least 4 members (excludes halogenated alkanes) is 1. The number of amides is 1. The Hall–Kier alpha value is -1.60. The number of rotatable bonds is 6. The molecule has 0 aliphatic rings. The fourth-order valence-corrected chi connectivity index (χ4v) is 2.48. The van der Waals surface area contributed by atoms with Gasteiger partial charge in [-0.1, -0.05) is 13.3 Å². The Balaban J connectivity index is 3.02. The van der Waals surface area contributed by atoms with E-state index in [0.717, 1.165) is 12.8 Å². The van der Waals surface area contributed by atoms with Crippen molar-refractivity contribution in [2.24, 2.45) is 5.73 Å². The Morgan fingerprint density at radius 1 is 1.39 bits per heavy atom. The van der Waals surface area contributed by atoms with Gasteiger partial charge in [0.25, 0.3) is 5.91 Å². The molecule has 0 spiro atoms. The second-order valence-corrected chi connectivity index (χ2v) is 5.63. The van der Waals surface area contributed by atoms with Crippen LogP contribution in [0.15, 0.2) is 23.1 Å². The minimum Gasteiger partial charge on any atom is -0.398 e. The Bertz CT molecular complexity index is 540. The normalized spacial score (nSPS) is 11.4. The summed E-state index contributed by atoms with van der Waals surface area (Å²) in [5.41, 5.74) is 10.8. The third kappa shape index (κ3) is 3.44. The van der Waals surface area contributed by atoms with E-state index in [4.69, 9.17) is 11.5 Å². The van der Waals surface area contributed by atoms with Gasteiger partial charge in [-0.3, -0.25) is 4.79 Å². The first-order valence-electron chi connectivity index (χ1n) is 5.57. The monoisotopic (exact) mass is 271 g/mol. The van der Waals surface area contributed by atoms with Gasteiger partial charge in [-0.2, -0.15) is 0 Å². The molecule has 18 heavy (non-hydrogen) atoms. The molecule has 0 aromatic heterocycles. The standard InChI is InChI=1S/C11H17N3O3S/c1-2-3-6-14-18(16,17)8-4-5-10(12)9(7-8)11(13)15/h4-5,7,14H,2-3,6,12H2,1H3,(H2,13,15). The fourth-order valence-electron chi connectivity index (χ4n) is 1.38. The molecule has 0 aliphatic carbocycles. The second-order valence-electron chi connectivity index (χ2n) is 3.86. The summed E-state index contributed by atoms with van der Waals surface area (Å²) in [4.78, 5) is 11.1. The van der Waals surface area contributed by atoms with Crippen molar-refractivity contribution in [2.75, 3.05) is 12.3 Å². The molecule has 1 aromatic rings. The smallest absolute Gasteiger partial charge is 0.250 e. The van der Waals surface area contributed by atoms with Crippen molar-refractivity contribution in [3.8, 4) is 0 Å². The van der Waals surface area contributed by atoms with Crippen molar-refractivity contribution in [1.82, 2.24) is 4.72 Å². The van der Waals surface area contributed by atoms with E-state index in [1.54, 1.807) is 0 Å². The zero-order valence-corrected chi connectivity index (χ0v) is 11.0. The highest BCUT2D eigenvalue weighted by Gasteiger charge is 2.16.